The number of aromatic nitrogens is 4. The Bertz CT molecular complexity index is 3940. The van der Waals surface area contributed by atoms with E-state index in [1.165, 1.54) is 29.7 Å². The molecule has 4 heterocycles. The van der Waals surface area contributed by atoms with Gasteiger partial charge in [0.05, 0.1) is 0 Å². The minimum atomic E-state index is -2.76. The van der Waals surface area contributed by atoms with Crippen molar-refractivity contribution in [2.45, 2.75) is 136 Å². The van der Waals surface area contributed by atoms with E-state index in [9.17, 15) is 0 Å². The summed E-state index contributed by atoms with van der Waals surface area (Å²) in [5.41, 5.74) is 19.0. The summed E-state index contributed by atoms with van der Waals surface area (Å²) in [7, 11) is 7.53. The Labute approximate surface area is 469 Å². The Morgan fingerprint density at radius 3 is 1.18 bits per heavy atom. The quantitative estimate of drug-likeness (QED) is 0.141. The van der Waals surface area contributed by atoms with Crippen LogP contribution in [0, 0.1) is 89.8 Å². The second-order valence-corrected chi connectivity index (χ2v) is 18.9. The van der Waals surface area contributed by atoms with Gasteiger partial charge in [-0.3, -0.25) is 0 Å². The third-order valence-electron chi connectivity index (χ3n) is 13.2. The van der Waals surface area contributed by atoms with Gasteiger partial charge in [-0.15, -0.1) is 0 Å². The van der Waals surface area contributed by atoms with Crippen molar-refractivity contribution in [1.29, 1.82) is 0 Å². The van der Waals surface area contributed by atoms with Crippen molar-refractivity contribution in [3.63, 3.8) is 0 Å². The van der Waals surface area contributed by atoms with E-state index >= 15 is 0 Å². The van der Waals surface area contributed by atoms with Gasteiger partial charge in [0.2, 0.25) is 22.8 Å². The molecule has 0 radical (unpaired) electrons. The maximum absolute atomic E-state index is 8.24. The first kappa shape index (κ1) is 31.8. The van der Waals surface area contributed by atoms with Crippen molar-refractivity contribution >= 4 is 0 Å². The van der Waals surface area contributed by atoms with Crippen LogP contribution in [0.3, 0.4) is 0 Å². The van der Waals surface area contributed by atoms with Crippen molar-refractivity contribution in [1.82, 2.24) is 0 Å². The van der Waals surface area contributed by atoms with Crippen LogP contribution in [0.2, 0.25) is 0 Å². The molecule has 4 aromatic carbocycles. The molecular formula is C68H88N4+4. The molecular weight excluding hydrogens is 873 g/mol. The maximum Gasteiger partial charge on any atom is 0.215 e. The van der Waals surface area contributed by atoms with E-state index in [0.29, 0.717) is 11.1 Å². The highest BCUT2D eigenvalue weighted by atomic mass is 14.9. The molecule has 4 aromatic heterocycles. The molecule has 4 heteroatoms. The lowest BCUT2D eigenvalue weighted by molar-refractivity contribution is -0.661. The van der Waals surface area contributed by atoms with E-state index in [1.807, 2.05) is 77.8 Å². The summed E-state index contributed by atoms with van der Waals surface area (Å²) in [5.74, 6) is -1.70. The smallest absolute Gasteiger partial charge is 0.201 e. The molecule has 8 rings (SSSR count). The van der Waals surface area contributed by atoms with Gasteiger partial charge in [0, 0.05) is 99.3 Å². The van der Waals surface area contributed by atoms with Crippen LogP contribution in [0.4, 0.5) is 0 Å². The van der Waals surface area contributed by atoms with Gasteiger partial charge in [-0.2, -0.15) is 0 Å². The fourth-order valence-electron chi connectivity index (χ4n) is 9.22. The van der Waals surface area contributed by atoms with Gasteiger partial charge in [0.25, 0.3) is 0 Å². The molecule has 1 unspecified atom stereocenters. The third-order valence-corrected chi connectivity index (χ3v) is 13.2. The average Bonchev–Trinajstić information content (AvgIpc) is 0.788. The van der Waals surface area contributed by atoms with E-state index in [4.69, 9.17) is 31.5 Å². The van der Waals surface area contributed by atoms with Crippen LogP contribution in [0.5, 0.6) is 0 Å². The molecule has 0 bridgehead atoms. The first-order valence-corrected chi connectivity index (χ1v) is 23.9. The molecule has 72 heavy (non-hydrogen) atoms. The van der Waals surface area contributed by atoms with Crippen LogP contribution >= 0.6 is 0 Å². The predicted molar refractivity (Wildman–Crippen MR) is 307 cm³/mol. The van der Waals surface area contributed by atoms with Crippen LogP contribution in [0.15, 0.2) is 122 Å². The van der Waals surface area contributed by atoms with Gasteiger partial charge in [-0.25, -0.2) is 18.3 Å². The summed E-state index contributed by atoms with van der Waals surface area (Å²) in [4.78, 5) is 0. The van der Waals surface area contributed by atoms with Gasteiger partial charge >= 0.3 is 0 Å². The minimum absolute atomic E-state index is 0.0955. The Balaban J connectivity index is 0.000000230. The van der Waals surface area contributed by atoms with Crippen LogP contribution in [0.1, 0.15) is 154 Å². The lowest BCUT2D eigenvalue weighted by Gasteiger charge is -2.11. The summed E-state index contributed by atoms with van der Waals surface area (Å²) in [5, 5.41) is 0. The van der Waals surface area contributed by atoms with Crippen molar-refractivity contribution in [3.05, 3.63) is 211 Å². The highest BCUT2D eigenvalue weighted by molar-refractivity contribution is 5.68. The second kappa shape index (κ2) is 24.7. The van der Waals surface area contributed by atoms with Crippen molar-refractivity contribution in [2.75, 3.05) is 0 Å². The summed E-state index contributed by atoms with van der Waals surface area (Å²) in [6.07, 6.45) is 2.38. The predicted octanol–water partition coefficient (Wildman–Crippen LogP) is 15.0. The molecule has 0 aliphatic carbocycles. The average molecular weight is 985 g/mol. The van der Waals surface area contributed by atoms with Crippen LogP contribution in [-0.2, 0) is 40.9 Å². The van der Waals surface area contributed by atoms with Crippen molar-refractivity contribution in [3.8, 4) is 45.0 Å². The van der Waals surface area contributed by atoms with Crippen LogP contribution in [0.25, 0.3) is 45.0 Å². The zero-order chi connectivity index (χ0) is 72.8. The van der Waals surface area contributed by atoms with Crippen molar-refractivity contribution < 1.29 is 49.8 Å². The molecule has 0 N–H and O–H groups in total. The molecule has 0 saturated heterocycles. The third kappa shape index (κ3) is 13.5. The van der Waals surface area contributed by atoms with Gasteiger partial charge in [-0.05, 0) is 195 Å². The Morgan fingerprint density at radius 2 is 0.806 bits per heavy atom. The number of pyridine rings is 4. The Kier molecular flexibility index (Phi) is 10.9. The molecule has 0 aliphatic heterocycles. The molecule has 0 saturated carbocycles. The Hall–Kier alpha value is -6.52. The standard InChI is InChI=1S/C18H24N.2C17H22N.C16H20N/c1-12(2)16-7-8-17(14(4)10-16)18-15(5)9-13(3)11-19(18)6;1-6-15-7-8-16(13(3)10-15)17-14(4)9-12(2)11-18(17)5;1-6-15-7-8-16(13(3)11-15)17-14(4)12(2)9-10-18(17)5;1-11-6-7-15(13(3)10-11)16-14(4)12(2)8-9-17(16)5/h7-12H,1-6H3;2*7-11H,6H2,1-5H3;6-10H,1-5H3/q4*+1/i1D3,3D3,12D;1D3,2D3,6D2;1D3,6D2;1D3. The fraction of sp³-hybridized carbons (Fsp3) is 0.353. The summed E-state index contributed by atoms with van der Waals surface area (Å²) in [6.45, 7) is 6.56. The number of hydrogen-bond acceptors (Lipinski definition) is 0. The first-order valence-electron chi connectivity index (χ1n) is 35.4. The number of hydrogen-bond donors (Lipinski definition) is 0. The monoisotopic (exact) mass is 984 g/mol. The van der Waals surface area contributed by atoms with Gasteiger partial charge in [0.15, 0.2) is 24.8 Å². The van der Waals surface area contributed by atoms with Gasteiger partial charge in [0.1, 0.15) is 28.2 Å². The van der Waals surface area contributed by atoms with E-state index in [0.717, 1.165) is 84.0 Å². The van der Waals surface area contributed by atoms with E-state index in [-0.39, 0.29) is 22.3 Å². The fourth-order valence-corrected chi connectivity index (χ4v) is 9.22. The zero-order valence-electron chi connectivity index (χ0n) is 67.8. The lowest BCUT2D eigenvalue weighted by Crippen LogP contribution is -2.32. The molecule has 0 spiro atoms. The Morgan fingerprint density at radius 1 is 0.417 bits per heavy atom. The van der Waals surface area contributed by atoms with E-state index in [1.54, 1.807) is 109 Å². The number of benzene rings is 4. The van der Waals surface area contributed by atoms with Gasteiger partial charge < -0.3 is 0 Å². The van der Waals surface area contributed by atoms with E-state index < -0.39 is 59.8 Å². The normalized spacial score (nSPS) is 17.8. The zero-order valence-corrected chi connectivity index (χ0v) is 44.8. The molecule has 0 amide bonds. The molecule has 376 valence electrons. The molecule has 0 fully saturated rings. The maximum atomic E-state index is 8.24. The van der Waals surface area contributed by atoms with Gasteiger partial charge in [-0.1, -0.05) is 81.6 Å². The molecule has 8 aromatic rings. The number of nitrogens with zero attached hydrogens (tertiary/aromatic N) is 4. The molecule has 0 aliphatic rings. The lowest BCUT2D eigenvalue weighted by atomic mass is 9.94. The van der Waals surface area contributed by atoms with Crippen LogP contribution in [-0.4, -0.2) is 0 Å². The van der Waals surface area contributed by atoms with E-state index in [2.05, 4.69) is 44.4 Å². The number of aryl methyl sites for hydroxylation is 17. The molecule has 4 nitrogen and oxygen atoms in total. The molecule has 1 atom stereocenters. The summed E-state index contributed by atoms with van der Waals surface area (Å²) in [6, 6.07) is 27.8. The first-order chi connectivity index (χ1) is 43.0. The van der Waals surface area contributed by atoms with Crippen LogP contribution < -0.4 is 18.3 Å². The summed E-state index contributed by atoms with van der Waals surface area (Å²) < 4.78 is 183. The minimum Gasteiger partial charge on any atom is -0.201 e. The highest BCUT2D eigenvalue weighted by Gasteiger charge is 2.20. The number of rotatable bonds is 7. The largest absolute Gasteiger partial charge is 0.215 e. The SMILES string of the molecule is [2H]C([2H])([2H])C([2H])([2H])c1ccc(-c2c(C)c(C)cc[n+]2C)c(C)c1.[2H]C([2H])([2H])c1cc(C)c(-c2ccc(C([2H])(C)C([2H])([2H])[2H])cc2C)[n+](C)c1.[2H]C([2H])([2H])c1cc(C)c(-c2ccc(C([2H])([2H])C([2H])([2H])[2H])cc2C)[n+](C)c1.[2H]C([2H])([2H])c1ccc(-c2c(C)c(C)cc[n+]2C)c(C)c1. The highest BCUT2D eigenvalue weighted by Crippen LogP contribution is 2.30. The second-order valence-electron chi connectivity index (χ2n) is 18.9. The summed E-state index contributed by atoms with van der Waals surface area (Å²) >= 11 is 0. The van der Waals surface area contributed by atoms with Crippen molar-refractivity contribution in [2.24, 2.45) is 28.2 Å². The topological polar surface area (TPSA) is 15.5 Å².